The van der Waals surface area contributed by atoms with E-state index in [0.717, 1.165) is 0 Å². The Morgan fingerprint density at radius 1 is 1.56 bits per heavy atom. The maximum Gasteiger partial charge on any atom is 0.417 e. The van der Waals surface area contributed by atoms with Crippen molar-refractivity contribution in [1.29, 1.82) is 5.26 Å². The van der Waals surface area contributed by atoms with Crippen molar-refractivity contribution in [2.45, 2.75) is 11.2 Å². The normalized spacial score (nSPS) is 11.0. The van der Waals surface area contributed by atoms with Crippen molar-refractivity contribution < 1.29 is 18.0 Å². The van der Waals surface area contributed by atoms with Gasteiger partial charge in [-0.25, -0.2) is 0 Å². The zero-order chi connectivity index (χ0) is 13.9. The van der Waals surface area contributed by atoms with Gasteiger partial charge in [0.05, 0.1) is 21.9 Å². The van der Waals surface area contributed by atoms with Crippen LogP contribution in [0.2, 0.25) is 0 Å². The van der Waals surface area contributed by atoms with E-state index in [1.165, 1.54) is 6.07 Å². The highest BCUT2D eigenvalue weighted by molar-refractivity contribution is 7.99. The van der Waals surface area contributed by atoms with E-state index in [0.29, 0.717) is 17.8 Å². The molecule has 0 aromatic carbocycles. The molecular weight excluding hydrogens is 271 g/mol. The van der Waals surface area contributed by atoms with Gasteiger partial charge in [-0.05, 0) is 0 Å². The lowest BCUT2D eigenvalue weighted by molar-refractivity contribution is -0.138. The summed E-state index contributed by atoms with van der Waals surface area (Å²) in [6.07, 6.45) is -4.82. The standard InChI is InChI=1S/C9H6F3N3O2S/c10-9(11,12)5-1-7(17)15-8(4(5)2-13)18-3-6(14)16/h1H,3H2,(H2,14,16)(H,15,17). The number of aromatic nitrogens is 1. The van der Waals surface area contributed by atoms with Gasteiger partial charge < -0.3 is 10.7 Å². The number of nitriles is 1. The molecule has 1 amide bonds. The molecule has 96 valence electrons. The molecule has 0 unspecified atom stereocenters. The first-order chi connectivity index (χ1) is 8.25. The van der Waals surface area contributed by atoms with Crippen LogP contribution < -0.4 is 11.3 Å². The molecule has 0 spiro atoms. The number of carbonyl (C=O) groups is 1. The Bertz CT molecular complexity index is 574. The number of nitrogens with zero attached hydrogens (tertiary/aromatic N) is 1. The summed E-state index contributed by atoms with van der Waals surface area (Å²) in [5.41, 5.74) is 1.77. The Hall–Kier alpha value is -1.95. The fraction of sp³-hybridized carbons (Fsp3) is 0.222. The molecule has 0 aliphatic rings. The molecular formula is C9H6F3N3O2S. The number of halogens is 3. The minimum atomic E-state index is -4.82. The fourth-order valence-electron chi connectivity index (χ4n) is 1.12. The van der Waals surface area contributed by atoms with E-state index in [2.05, 4.69) is 4.98 Å². The number of nitrogens with one attached hydrogen (secondary N) is 1. The van der Waals surface area contributed by atoms with Crippen LogP contribution in [0.1, 0.15) is 11.1 Å². The third-order valence-corrected chi connectivity index (χ3v) is 2.81. The van der Waals surface area contributed by atoms with Gasteiger partial charge >= 0.3 is 6.18 Å². The van der Waals surface area contributed by atoms with Gasteiger partial charge in [-0.3, -0.25) is 9.59 Å². The van der Waals surface area contributed by atoms with Crippen molar-refractivity contribution in [3.63, 3.8) is 0 Å². The highest BCUT2D eigenvalue weighted by Crippen LogP contribution is 2.33. The number of thioether (sulfide) groups is 1. The number of pyridine rings is 1. The van der Waals surface area contributed by atoms with Gasteiger partial charge in [0.1, 0.15) is 6.07 Å². The summed E-state index contributed by atoms with van der Waals surface area (Å²) in [5.74, 6) is -1.12. The predicted molar refractivity (Wildman–Crippen MR) is 56.7 cm³/mol. The second-order valence-electron chi connectivity index (χ2n) is 3.12. The third-order valence-electron chi connectivity index (χ3n) is 1.78. The van der Waals surface area contributed by atoms with Crippen molar-refractivity contribution in [3.8, 4) is 6.07 Å². The number of hydrogen-bond acceptors (Lipinski definition) is 4. The number of carbonyl (C=O) groups excluding carboxylic acids is 1. The summed E-state index contributed by atoms with van der Waals surface area (Å²) < 4.78 is 37.8. The number of hydrogen-bond donors (Lipinski definition) is 2. The van der Waals surface area contributed by atoms with Crippen LogP contribution in [0.3, 0.4) is 0 Å². The van der Waals surface area contributed by atoms with Crippen LogP contribution in [0.15, 0.2) is 15.9 Å². The molecule has 0 saturated heterocycles. The molecule has 1 rings (SSSR count). The molecule has 0 radical (unpaired) electrons. The second-order valence-corrected chi connectivity index (χ2v) is 4.10. The quantitative estimate of drug-likeness (QED) is 0.799. The molecule has 1 aromatic heterocycles. The monoisotopic (exact) mass is 277 g/mol. The van der Waals surface area contributed by atoms with Gasteiger partial charge in [-0.1, -0.05) is 11.8 Å². The lowest BCUT2D eigenvalue weighted by atomic mass is 10.1. The van der Waals surface area contributed by atoms with Gasteiger partial charge in [-0.15, -0.1) is 0 Å². The van der Waals surface area contributed by atoms with Crippen molar-refractivity contribution in [2.24, 2.45) is 5.73 Å². The number of primary amides is 1. The maximum atomic E-state index is 12.6. The first-order valence-corrected chi connectivity index (χ1v) is 5.40. The Balaban J connectivity index is 3.35. The number of H-pyrrole nitrogens is 1. The number of aromatic amines is 1. The maximum absolute atomic E-state index is 12.6. The lowest BCUT2D eigenvalue weighted by Gasteiger charge is -2.10. The van der Waals surface area contributed by atoms with Gasteiger partial charge in [0.2, 0.25) is 11.5 Å². The van der Waals surface area contributed by atoms with Gasteiger partial charge in [-0.2, -0.15) is 18.4 Å². The Morgan fingerprint density at radius 2 is 2.17 bits per heavy atom. The SMILES string of the molecule is N#Cc1c(C(F)(F)F)cc(=O)[nH]c1SCC(N)=O. The van der Waals surface area contributed by atoms with E-state index in [1.807, 2.05) is 0 Å². The molecule has 0 fully saturated rings. The van der Waals surface area contributed by atoms with Crippen LogP contribution in [0.25, 0.3) is 0 Å². The summed E-state index contributed by atoms with van der Waals surface area (Å²) in [7, 11) is 0. The highest BCUT2D eigenvalue weighted by Gasteiger charge is 2.35. The van der Waals surface area contributed by atoms with E-state index in [1.54, 1.807) is 0 Å². The van der Waals surface area contributed by atoms with Crippen molar-refractivity contribution >= 4 is 17.7 Å². The average molecular weight is 277 g/mol. The summed E-state index contributed by atoms with van der Waals surface area (Å²) in [6.45, 7) is 0. The Labute approximate surface area is 103 Å². The smallest absolute Gasteiger partial charge is 0.369 e. The van der Waals surface area contributed by atoms with E-state index in [4.69, 9.17) is 11.0 Å². The van der Waals surface area contributed by atoms with Crippen LogP contribution >= 0.6 is 11.8 Å². The minimum Gasteiger partial charge on any atom is -0.369 e. The number of rotatable bonds is 3. The van der Waals surface area contributed by atoms with Crippen LogP contribution in [-0.4, -0.2) is 16.6 Å². The van der Waals surface area contributed by atoms with Crippen molar-refractivity contribution in [3.05, 3.63) is 27.5 Å². The molecule has 0 atom stereocenters. The molecule has 3 N–H and O–H groups in total. The molecule has 1 heterocycles. The number of nitrogens with two attached hydrogens (primary N) is 1. The van der Waals surface area contributed by atoms with Gasteiger partial charge in [0.25, 0.3) is 0 Å². The molecule has 0 aliphatic carbocycles. The largest absolute Gasteiger partial charge is 0.417 e. The molecule has 18 heavy (non-hydrogen) atoms. The summed E-state index contributed by atoms with van der Waals surface area (Å²) >= 11 is 0.572. The fourth-order valence-corrected chi connectivity index (χ4v) is 1.88. The van der Waals surface area contributed by atoms with Crippen molar-refractivity contribution in [1.82, 2.24) is 4.98 Å². The first kappa shape index (κ1) is 14.1. The number of alkyl halides is 3. The Morgan fingerprint density at radius 3 is 2.61 bits per heavy atom. The van der Waals surface area contributed by atoms with E-state index in [-0.39, 0.29) is 10.8 Å². The Kier molecular flexibility index (Phi) is 4.03. The van der Waals surface area contributed by atoms with Gasteiger partial charge in [0.15, 0.2) is 0 Å². The summed E-state index contributed by atoms with van der Waals surface area (Å²) in [6, 6.07) is 1.66. The molecule has 0 aliphatic heterocycles. The van der Waals surface area contributed by atoms with E-state index >= 15 is 0 Å². The minimum absolute atomic E-state index is 0.298. The second kappa shape index (κ2) is 5.14. The predicted octanol–water partition coefficient (Wildman–Crippen LogP) is 0.843. The highest BCUT2D eigenvalue weighted by atomic mass is 32.2. The zero-order valence-electron chi connectivity index (χ0n) is 8.67. The summed E-state index contributed by atoms with van der Waals surface area (Å²) in [4.78, 5) is 23.7. The number of amides is 1. The lowest BCUT2D eigenvalue weighted by Crippen LogP contribution is -2.18. The molecule has 9 heteroatoms. The van der Waals surface area contributed by atoms with E-state index in [9.17, 15) is 22.8 Å². The molecule has 0 saturated carbocycles. The van der Waals surface area contributed by atoms with Crippen molar-refractivity contribution in [2.75, 3.05) is 5.75 Å². The molecule has 0 bridgehead atoms. The topological polar surface area (TPSA) is 99.7 Å². The van der Waals surface area contributed by atoms with Crippen LogP contribution in [-0.2, 0) is 11.0 Å². The average Bonchev–Trinajstić information content (AvgIpc) is 2.24. The van der Waals surface area contributed by atoms with Crippen LogP contribution in [0, 0.1) is 11.3 Å². The van der Waals surface area contributed by atoms with Crippen LogP contribution in [0.5, 0.6) is 0 Å². The molecule has 5 nitrogen and oxygen atoms in total. The zero-order valence-corrected chi connectivity index (χ0v) is 9.48. The molecule has 1 aromatic rings. The first-order valence-electron chi connectivity index (χ1n) is 4.41. The third kappa shape index (κ3) is 3.27. The van der Waals surface area contributed by atoms with E-state index < -0.39 is 28.8 Å². The van der Waals surface area contributed by atoms with Crippen LogP contribution in [0.4, 0.5) is 13.2 Å². The van der Waals surface area contributed by atoms with Gasteiger partial charge in [0, 0.05) is 6.07 Å². The summed E-state index contributed by atoms with van der Waals surface area (Å²) in [5, 5.41) is 8.39.